The number of benzene rings is 1. The van der Waals surface area contributed by atoms with Gasteiger partial charge in [-0.1, -0.05) is 12.8 Å². The van der Waals surface area contributed by atoms with Crippen molar-refractivity contribution in [3.8, 4) is 5.75 Å². The predicted molar refractivity (Wildman–Crippen MR) is 65.4 cm³/mol. The van der Waals surface area contributed by atoms with Crippen LogP contribution in [0.25, 0.3) is 11.0 Å². The summed E-state index contributed by atoms with van der Waals surface area (Å²) in [6.07, 6.45) is 4.73. The smallest absolute Gasteiger partial charge is 0.336 e. The summed E-state index contributed by atoms with van der Waals surface area (Å²) in [6, 6.07) is 6.59. The molecule has 1 fully saturated rings. The maximum absolute atomic E-state index is 11.5. The fraction of sp³-hybridized carbons (Fsp3) is 0.357. The first-order valence-corrected chi connectivity index (χ1v) is 6.01. The lowest BCUT2D eigenvalue weighted by atomic mass is 9.95. The van der Waals surface area contributed by atoms with Gasteiger partial charge in [-0.2, -0.15) is 0 Å². The van der Waals surface area contributed by atoms with Crippen LogP contribution in [0.15, 0.2) is 33.5 Å². The van der Waals surface area contributed by atoms with Crippen molar-refractivity contribution in [2.75, 3.05) is 0 Å². The quantitative estimate of drug-likeness (QED) is 0.765. The van der Waals surface area contributed by atoms with Crippen molar-refractivity contribution >= 4 is 11.0 Å². The molecule has 1 aromatic carbocycles. The lowest BCUT2D eigenvalue weighted by Gasteiger charge is -2.11. The molecule has 0 radical (unpaired) electrons. The van der Waals surface area contributed by atoms with Crippen molar-refractivity contribution < 1.29 is 9.52 Å². The van der Waals surface area contributed by atoms with E-state index < -0.39 is 0 Å². The molecule has 2 aromatic rings. The van der Waals surface area contributed by atoms with E-state index in [9.17, 15) is 9.90 Å². The first kappa shape index (κ1) is 10.4. The van der Waals surface area contributed by atoms with Gasteiger partial charge in [0.25, 0.3) is 0 Å². The fourth-order valence-corrected chi connectivity index (χ4v) is 2.75. The summed E-state index contributed by atoms with van der Waals surface area (Å²) in [7, 11) is 0. The second-order valence-corrected chi connectivity index (χ2v) is 4.68. The number of hydrogen-bond donors (Lipinski definition) is 1. The van der Waals surface area contributed by atoms with Crippen LogP contribution >= 0.6 is 0 Å². The maximum atomic E-state index is 11.5. The molecule has 3 heteroatoms. The molecular weight excluding hydrogens is 216 g/mol. The maximum Gasteiger partial charge on any atom is 0.336 e. The minimum atomic E-state index is -0.329. The Morgan fingerprint density at radius 2 is 1.94 bits per heavy atom. The zero-order valence-corrected chi connectivity index (χ0v) is 9.48. The molecule has 0 unspecified atom stereocenters. The Labute approximate surface area is 98.7 Å². The van der Waals surface area contributed by atoms with E-state index in [1.54, 1.807) is 12.1 Å². The van der Waals surface area contributed by atoms with E-state index in [-0.39, 0.29) is 11.4 Å². The Hall–Kier alpha value is -1.77. The Bertz CT molecular complexity index is 606. The van der Waals surface area contributed by atoms with Gasteiger partial charge in [-0.3, -0.25) is 0 Å². The van der Waals surface area contributed by atoms with E-state index in [0.717, 1.165) is 23.8 Å². The van der Waals surface area contributed by atoms with Gasteiger partial charge in [-0.05, 0) is 36.5 Å². The third-order valence-electron chi connectivity index (χ3n) is 3.56. The van der Waals surface area contributed by atoms with E-state index >= 15 is 0 Å². The zero-order chi connectivity index (χ0) is 11.8. The van der Waals surface area contributed by atoms with Crippen LogP contribution in [0.1, 0.15) is 37.2 Å². The lowest BCUT2D eigenvalue weighted by Crippen LogP contribution is -2.03. The molecule has 17 heavy (non-hydrogen) atoms. The van der Waals surface area contributed by atoms with Crippen LogP contribution in [-0.2, 0) is 0 Å². The van der Waals surface area contributed by atoms with Crippen LogP contribution in [0.2, 0.25) is 0 Å². The standard InChI is InChI=1S/C14H14O3/c15-10-5-6-11-12(9-3-1-2-4-9)8-14(16)17-13(11)7-10/h5-9,15H,1-4H2. The summed E-state index contributed by atoms with van der Waals surface area (Å²) in [5, 5.41) is 10.4. The number of aromatic hydroxyl groups is 1. The highest BCUT2D eigenvalue weighted by molar-refractivity contribution is 5.82. The number of fused-ring (bicyclic) bond motifs is 1. The zero-order valence-electron chi connectivity index (χ0n) is 9.48. The van der Waals surface area contributed by atoms with E-state index in [2.05, 4.69) is 0 Å². The van der Waals surface area contributed by atoms with Gasteiger partial charge in [0.05, 0.1) is 0 Å². The van der Waals surface area contributed by atoms with E-state index in [1.807, 2.05) is 6.07 Å². The third kappa shape index (κ3) is 1.82. The molecule has 1 aliphatic rings. The normalized spacial score (nSPS) is 16.7. The number of hydrogen-bond acceptors (Lipinski definition) is 3. The molecule has 0 bridgehead atoms. The number of phenols is 1. The topological polar surface area (TPSA) is 50.4 Å². The van der Waals surface area contributed by atoms with Gasteiger partial charge in [-0.15, -0.1) is 0 Å². The molecule has 1 aromatic heterocycles. The van der Waals surface area contributed by atoms with Gasteiger partial charge in [0, 0.05) is 17.5 Å². The molecule has 1 aliphatic carbocycles. The second-order valence-electron chi connectivity index (χ2n) is 4.68. The molecule has 3 rings (SSSR count). The van der Waals surface area contributed by atoms with Crippen LogP contribution in [0.5, 0.6) is 5.75 Å². The summed E-state index contributed by atoms with van der Waals surface area (Å²) in [5.41, 5.74) is 1.23. The van der Waals surface area contributed by atoms with Gasteiger partial charge >= 0.3 is 5.63 Å². The van der Waals surface area contributed by atoms with Gasteiger partial charge in [0.1, 0.15) is 11.3 Å². The average molecular weight is 230 g/mol. The van der Waals surface area contributed by atoms with Gasteiger partial charge < -0.3 is 9.52 Å². The average Bonchev–Trinajstić information content (AvgIpc) is 2.80. The molecule has 0 aliphatic heterocycles. The van der Waals surface area contributed by atoms with Crippen molar-refractivity contribution in [3.63, 3.8) is 0 Å². The highest BCUT2D eigenvalue weighted by Gasteiger charge is 2.20. The second kappa shape index (κ2) is 3.91. The molecule has 1 N–H and O–H groups in total. The van der Waals surface area contributed by atoms with Crippen molar-refractivity contribution in [1.82, 2.24) is 0 Å². The molecule has 1 saturated carbocycles. The SMILES string of the molecule is O=c1cc(C2CCCC2)c2ccc(O)cc2o1. The Morgan fingerprint density at radius 3 is 2.71 bits per heavy atom. The summed E-state index contributed by atoms with van der Waals surface area (Å²) < 4.78 is 5.13. The first-order chi connectivity index (χ1) is 8.24. The Morgan fingerprint density at radius 1 is 1.18 bits per heavy atom. The molecule has 0 amide bonds. The fourth-order valence-electron chi connectivity index (χ4n) is 2.75. The summed E-state index contributed by atoms with van der Waals surface area (Å²) in [5.74, 6) is 0.593. The highest BCUT2D eigenvalue weighted by atomic mass is 16.4. The van der Waals surface area contributed by atoms with E-state index in [1.165, 1.54) is 18.9 Å². The Balaban J connectivity index is 2.25. The van der Waals surface area contributed by atoms with Crippen molar-refractivity contribution in [3.05, 3.63) is 40.2 Å². The Kier molecular flexibility index (Phi) is 2.39. The molecule has 3 nitrogen and oxygen atoms in total. The molecule has 0 spiro atoms. The molecule has 0 saturated heterocycles. The van der Waals surface area contributed by atoms with Gasteiger partial charge in [0.15, 0.2) is 0 Å². The molecule has 1 heterocycles. The van der Waals surface area contributed by atoms with Crippen LogP contribution in [0, 0.1) is 0 Å². The lowest BCUT2D eigenvalue weighted by molar-refractivity contribution is 0.473. The summed E-state index contributed by atoms with van der Waals surface area (Å²) in [6.45, 7) is 0. The predicted octanol–water partition coefficient (Wildman–Crippen LogP) is 3.16. The van der Waals surface area contributed by atoms with Crippen LogP contribution in [-0.4, -0.2) is 5.11 Å². The first-order valence-electron chi connectivity index (χ1n) is 6.01. The summed E-state index contributed by atoms with van der Waals surface area (Å²) >= 11 is 0. The van der Waals surface area contributed by atoms with Crippen LogP contribution in [0.3, 0.4) is 0 Å². The van der Waals surface area contributed by atoms with Gasteiger partial charge in [-0.25, -0.2) is 4.79 Å². The van der Waals surface area contributed by atoms with Gasteiger partial charge in [0.2, 0.25) is 0 Å². The highest BCUT2D eigenvalue weighted by Crippen LogP contribution is 2.37. The monoisotopic (exact) mass is 230 g/mol. The largest absolute Gasteiger partial charge is 0.508 e. The van der Waals surface area contributed by atoms with Crippen molar-refractivity contribution in [2.45, 2.75) is 31.6 Å². The van der Waals surface area contributed by atoms with Crippen LogP contribution < -0.4 is 5.63 Å². The van der Waals surface area contributed by atoms with E-state index in [4.69, 9.17) is 4.42 Å². The molecule has 88 valence electrons. The van der Waals surface area contributed by atoms with E-state index in [0.29, 0.717) is 11.5 Å². The third-order valence-corrected chi connectivity index (χ3v) is 3.56. The minimum Gasteiger partial charge on any atom is -0.508 e. The number of rotatable bonds is 1. The molecule has 0 atom stereocenters. The summed E-state index contributed by atoms with van der Waals surface area (Å²) in [4.78, 5) is 11.5. The van der Waals surface area contributed by atoms with Crippen LogP contribution in [0.4, 0.5) is 0 Å². The number of phenolic OH excluding ortho intramolecular Hbond substituents is 1. The minimum absolute atomic E-state index is 0.129. The van der Waals surface area contributed by atoms with Crippen molar-refractivity contribution in [2.24, 2.45) is 0 Å². The molecular formula is C14H14O3. The van der Waals surface area contributed by atoms with Crippen molar-refractivity contribution in [1.29, 1.82) is 0 Å².